The lowest BCUT2D eigenvalue weighted by molar-refractivity contribution is -0.137. The lowest BCUT2D eigenvalue weighted by Gasteiger charge is -2.33. The van der Waals surface area contributed by atoms with E-state index in [1.165, 1.54) is 12.1 Å². The zero-order valence-corrected chi connectivity index (χ0v) is 14.9. The third-order valence-corrected chi connectivity index (χ3v) is 4.51. The molecule has 0 N–H and O–H groups in total. The number of alkyl halides is 3. The highest BCUT2D eigenvalue weighted by atomic mass is 35.5. The SMILES string of the molecule is O=C(c1ccc(C(F)(F)F)cc1)N1CCOC(c2cc(Cl)cc(Cl)c2)C1. The summed E-state index contributed by atoms with van der Waals surface area (Å²) in [6, 6.07) is 9.20. The van der Waals surface area contributed by atoms with E-state index >= 15 is 0 Å². The fraction of sp³-hybridized carbons (Fsp3) is 0.278. The van der Waals surface area contributed by atoms with E-state index in [0.29, 0.717) is 23.2 Å². The molecule has 1 heterocycles. The minimum absolute atomic E-state index is 0.197. The van der Waals surface area contributed by atoms with Gasteiger partial charge in [-0.2, -0.15) is 13.2 Å². The Hall–Kier alpha value is -1.76. The summed E-state index contributed by atoms with van der Waals surface area (Å²) in [6.45, 7) is 0.919. The zero-order valence-electron chi connectivity index (χ0n) is 13.4. The summed E-state index contributed by atoms with van der Waals surface area (Å²) >= 11 is 12.0. The summed E-state index contributed by atoms with van der Waals surface area (Å²) < 4.78 is 43.6. The molecule has 1 aliphatic heterocycles. The lowest BCUT2D eigenvalue weighted by Crippen LogP contribution is -2.42. The Bertz CT molecular complexity index is 789. The molecule has 1 amide bonds. The molecule has 1 aliphatic rings. The highest BCUT2D eigenvalue weighted by molar-refractivity contribution is 6.34. The van der Waals surface area contributed by atoms with Gasteiger partial charge in [-0.05, 0) is 48.0 Å². The maximum Gasteiger partial charge on any atom is 0.416 e. The number of halogens is 5. The van der Waals surface area contributed by atoms with Crippen molar-refractivity contribution in [2.24, 2.45) is 0 Å². The molecule has 2 aromatic rings. The largest absolute Gasteiger partial charge is 0.416 e. The number of morpholine rings is 1. The summed E-state index contributed by atoms with van der Waals surface area (Å²) in [4.78, 5) is 14.2. The van der Waals surface area contributed by atoms with Crippen molar-refractivity contribution in [3.63, 3.8) is 0 Å². The van der Waals surface area contributed by atoms with E-state index in [-0.39, 0.29) is 18.0 Å². The van der Waals surface area contributed by atoms with Crippen LogP contribution in [-0.4, -0.2) is 30.5 Å². The second-order valence-electron chi connectivity index (χ2n) is 5.89. The molecular formula is C18H14Cl2F3NO2. The van der Waals surface area contributed by atoms with Crippen LogP contribution in [0.25, 0.3) is 0 Å². The highest BCUT2D eigenvalue weighted by Gasteiger charge is 2.31. The number of benzene rings is 2. The normalized spacial score (nSPS) is 18.0. The summed E-state index contributed by atoms with van der Waals surface area (Å²) in [5.41, 5.74) is 0.151. The summed E-state index contributed by atoms with van der Waals surface area (Å²) in [6.07, 6.45) is -4.84. The standard InChI is InChI=1S/C18H14Cl2F3NO2/c19-14-7-12(8-15(20)9-14)16-10-24(5-6-26-16)17(25)11-1-3-13(4-2-11)18(21,22)23/h1-4,7-9,16H,5-6,10H2. The number of hydrogen-bond acceptors (Lipinski definition) is 2. The third-order valence-electron chi connectivity index (χ3n) is 4.07. The Labute approximate surface area is 158 Å². The van der Waals surface area contributed by atoms with Crippen LogP contribution in [0.4, 0.5) is 13.2 Å². The van der Waals surface area contributed by atoms with Gasteiger partial charge >= 0.3 is 6.18 Å². The lowest BCUT2D eigenvalue weighted by atomic mass is 10.1. The molecule has 8 heteroatoms. The van der Waals surface area contributed by atoms with E-state index in [9.17, 15) is 18.0 Å². The minimum atomic E-state index is -4.43. The van der Waals surface area contributed by atoms with Crippen LogP contribution >= 0.6 is 23.2 Å². The van der Waals surface area contributed by atoms with Crippen molar-refractivity contribution in [3.05, 3.63) is 69.2 Å². The predicted octanol–water partition coefficient (Wildman–Crippen LogP) is 5.23. The van der Waals surface area contributed by atoms with Crippen LogP contribution in [0.1, 0.15) is 27.6 Å². The topological polar surface area (TPSA) is 29.5 Å². The van der Waals surface area contributed by atoms with E-state index in [0.717, 1.165) is 17.7 Å². The molecule has 26 heavy (non-hydrogen) atoms. The molecule has 0 saturated carbocycles. The zero-order chi connectivity index (χ0) is 18.9. The molecule has 2 aromatic carbocycles. The molecule has 3 rings (SSSR count). The number of rotatable bonds is 2. The van der Waals surface area contributed by atoms with Crippen LogP contribution in [0, 0.1) is 0 Å². The molecule has 0 spiro atoms. The minimum Gasteiger partial charge on any atom is -0.370 e. The number of ether oxygens (including phenoxy) is 1. The first-order valence-electron chi connectivity index (χ1n) is 7.78. The Morgan fingerprint density at radius 1 is 1.08 bits per heavy atom. The fourth-order valence-corrected chi connectivity index (χ4v) is 3.32. The summed E-state index contributed by atoms with van der Waals surface area (Å²) in [5, 5.41) is 0.921. The van der Waals surface area contributed by atoms with Crippen molar-refractivity contribution < 1.29 is 22.7 Å². The first kappa shape index (κ1) is 19.0. The van der Waals surface area contributed by atoms with Gasteiger partial charge in [-0.1, -0.05) is 23.2 Å². The van der Waals surface area contributed by atoms with E-state index in [2.05, 4.69) is 0 Å². The first-order chi connectivity index (χ1) is 12.2. The number of hydrogen-bond donors (Lipinski definition) is 0. The number of nitrogens with zero attached hydrogens (tertiary/aromatic N) is 1. The average Bonchev–Trinajstić information content (AvgIpc) is 2.60. The Morgan fingerprint density at radius 3 is 2.27 bits per heavy atom. The van der Waals surface area contributed by atoms with Gasteiger partial charge in [0.1, 0.15) is 6.10 Å². The van der Waals surface area contributed by atoms with Crippen LogP contribution in [0.3, 0.4) is 0 Å². The smallest absolute Gasteiger partial charge is 0.370 e. The van der Waals surface area contributed by atoms with Crippen LogP contribution in [0.2, 0.25) is 10.0 Å². The number of carbonyl (C=O) groups excluding carboxylic acids is 1. The molecule has 0 aromatic heterocycles. The summed E-state index contributed by atoms with van der Waals surface area (Å²) in [5.74, 6) is -0.347. The molecule has 3 nitrogen and oxygen atoms in total. The van der Waals surface area contributed by atoms with Gasteiger partial charge < -0.3 is 9.64 Å². The second-order valence-corrected chi connectivity index (χ2v) is 6.76. The quantitative estimate of drug-likeness (QED) is 0.687. The molecule has 1 fully saturated rings. The first-order valence-corrected chi connectivity index (χ1v) is 8.54. The molecule has 0 radical (unpaired) electrons. The van der Waals surface area contributed by atoms with Gasteiger partial charge in [0.25, 0.3) is 5.91 Å². The van der Waals surface area contributed by atoms with Crippen molar-refractivity contribution in [1.82, 2.24) is 4.90 Å². The highest BCUT2D eigenvalue weighted by Crippen LogP contribution is 2.30. The van der Waals surface area contributed by atoms with Crippen molar-refractivity contribution >= 4 is 29.1 Å². The van der Waals surface area contributed by atoms with Crippen molar-refractivity contribution in [2.75, 3.05) is 19.7 Å². The van der Waals surface area contributed by atoms with E-state index in [1.54, 1.807) is 23.1 Å². The Kier molecular flexibility index (Phi) is 5.46. The molecule has 1 atom stereocenters. The Balaban J connectivity index is 1.75. The maximum absolute atomic E-state index is 12.6. The number of amides is 1. The van der Waals surface area contributed by atoms with Crippen molar-refractivity contribution in [1.29, 1.82) is 0 Å². The van der Waals surface area contributed by atoms with Crippen molar-refractivity contribution in [3.8, 4) is 0 Å². The molecule has 0 bridgehead atoms. The maximum atomic E-state index is 12.6. The molecule has 0 aliphatic carbocycles. The third kappa shape index (κ3) is 4.31. The van der Waals surface area contributed by atoms with Gasteiger partial charge in [0, 0.05) is 22.2 Å². The monoisotopic (exact) mass is 403 g/mol. The van der Waals surface area contributed by atoms with Gasteiger partial charge in [0.15, 0.2) is 0 Å². The molecular weight excluding hydrogens is 390 g/mol. The molecule has 1 saturated heterocycles. The van der Waals surface area contributed by atoms with Crippen LogP contribution in [-0.2, 0) is 10.9 Å². The van der Waals surface area contributed by atoms with E-state index in [4.69, 9.17) is 27.9 Å². The second kappa shape index (κ2) is 7.47. The predicted molar refractivity (Wildman–Crippen MR) is 92.5 cm³/mol. The van der Waals surface area contributed by atoms with Crippen LogP contribution < -0.4 is 0 Å². The van der Waals surface area contributed by atoms with Gasteiger partial charge in [-0.25, -0.2) is 0 Å². The van der Waals surface area contributed by atoms with E-state index in [1.807, 2.05) is 0 Å². The molecule has 1 unspecified atom stereocenters. The van der Waals surface area contributed by atoms with Crippen LogP contribution in [0.15, 0.2) is 42.5 Å². The summed E-state index contributed by atoms with van der Waals surface area (Å²) in [7, 11) is 0. The van der Waals surface area contributed by atoms with Gasteiger partial charge in [-0.3, -0.25) is 4.79 Å². The van der Waals surface area contributed by atoms with Crippen molar-refractivity contribution in [2.45, 2.75) is 12.3 Å². The van der Waals surface area contributed by atoms with Crippen LogP contribution in [0.5, 0.6) is 0 Å². The van der Waals surface area contributed by atoms with Gasteiger partial charge in [0.05, 0.1) is 18.7 Å². The van der Waals surface area contributed by atoms with E-state index < -0.39 is 17.8 Å². The number of carbonyl (C=O) groups is 1. The van der Waals surface area contributed by atoms with Gasteiger partial charge in [-0.15, -0.1) is 0 Å². The fourth-order valence-electron chi connectivity index (χ4n) is 2.78. The Morgan fingerprint density at radius 2 is 1.69 bits per heavy atom. The molecule has 138 valence electrons. The van der Waals surface area contributed by atoms with Gasteiger partial charge in [0.2, 0.25) is 0 Å². The average molecular weight is 404 g/mol.